The second kappa shape index (κ2) is 9.13. The first-order chi connectivity index (χ1) is 12.6. The largest absolute Gasteiger partial charge is 0.493 e. The number of nitrogens with zero attached hydrogens (tertiary/aromatic N) is 1. The van der Waals surface area contributed by atoms with Crippen LogP contribution in [0.4, 0.5) is 0 Å². The maximum Gasteiger partial charge on any atom is 0.230 e. The molecule has 2 rings (SSSR count). The molecule has 5 nitrogen and oxygen atoms in total. The maximum atomic E-state index is 13.0. The van der Waals surface area contributed by atoms with E-state index in [-0.39, 0.29) is 11.8 Å². The average Bonchev–Trinajstić information content (AvgIpc) is 2.68. The van der Waals surface area contributed by atoms with Gasteiger partial charge in [0.2, 0.25) is 11.7 Å². The van der Waals surface area contributed by atoms with Crippen LogP contribution in [-0.2, 0) is 11.3 Å². The smallest absolute Gasteiger partial charge is 0.230 e. The number of likely N-dealkylation sites (N-methyl/N-ethyl adjacent to an activating group) is 1. The number of carbonyl (C=O) groups excluding carboxylic acids is 1. The molecule has 0 saturated heterocycles. The van der Waals surface area contributed by atoms with Gasteiger partial charge in [0.15, 0.2) is 11.5 Å². The summed E-state index contributed by atoms with van der Waals surface area (Å²) in [5.41, 5.74) is 1.90. The Balaban J connectivity index is 2.26. The average molecular weight is 357 g/mol. The van der Waals surface area contributed by atoms with Gasteiger partial charge in [-0.3, -0.25) is 4.79 Å². The van der Waals surface area contributed by atoms with Crippen molar-refractivity contribution in [3.63, 3.8) is 0 Å². The Labute approximate surface area is 155 Å². The topological polar surface area (TPSA) is 48.0 Å². The van der Waals surface area contributed by atoms with Gasteiger partial charge < -0.3 is 19.1 Å². The molecule has 2 aromatic rings. The molecule has 0 spiro atoms. The number of ether oxygens (including phenoxy) is 3. The lowest BCUT2D eigenvalue weighted by molar-refractivity contribution is -0.132. The van der Waals surface area contributed by atoms with Gasteiger partial charge >= 0.3 is 0 Å². The van der Waals surface area contributed by atoms with Crippen molar-refractivity contribution in [1.82, 2.24) is 4.90 Å². The molecule has 0 fully saturated rings. The van der Waals surface area contributed by atoms with Crippen LogP contribution in [0.25, 0.3) is 0 Å². The van der Waals surface area contributed by atoms with Gasteiger partial charge in [0, 0.05) is 19.2 Å². The normalized spacial score (nSPS) is 11.6. The summed E-state index contributed by atoms with van der Waals surface area (Å²) in [6, 6.07) is 13.6. The molecule has 0 unspecified atom stereocenters. The zero-order chi connectivity index (χ0) is 19.1. The molecule has 1 atom stereocenters. The van der Waals surface area contributed by atoms with Crippen molar-refractivity contribution < 1.29 is 19.0 Å². The van der Waals surface area contributed by atoms with Gasteiger partial charge in [-0.25, -0.2) is 0 Å². The second-order valence-corrected chi connectivity index (χ2v) is 6.06. The van der Waals surface area contributed by atoms with E-state index in [1.807, 2.05) is 56.4 Å². The minimum Gasteiger partial charge on any atom is -0.493 e. The van der Waals surface area contributed by atoms with Gasteiger partial charge in [0.1, 0.15) is 0 Å². The summed E-state index contributed by atoms with van der Waals surface area (Å²) in [6.07, 6.45) is 0.746. The van der Waals surface area contributed by atoms with E-state index in [1.54, 1.807) is 26.2 Å². The molecule has 0 bridgehead atoms. The highest BCUT2D eigenvalue weighted by Gasteiger charge is 2.24. The van der Waals surface area contributed by atoms with Gasteiger partial charge in [-0.05, 0) is 24.1 Å². The molecular weight excluding hydrogens is 330 g/mol. The predicted molar refractivity (Wildman–Crippen MR) is 102 cm³/mol. The third-order valence-electron chi connectivity index (χ3n) is 4.48. The highest BCUT2D eigenvalue weighted by Crippen LogP contribution is 2.40. The molecule has 2 aromatic carbocycles. The molecule has 26 heavy (non-hydrogen) atoms. The number of methoxy groups -OCH3 is 3. The predicted octanol–water partition coefficient (Wildman–Crippen LogP) is 3.86. The molecule has 0 heterocycles. The molecule has 5 heteroatoms. The van der Waals surface area contributed by atoms with E-state index in [2.05, 4.69) is 0 Å². The standard InChI is InChI=1S/C21H27NO4/c1-6-17(15-10-8-7-9-11-15)21(23)22(2)14-16-12-13-18(24-3)20(26-5)19(16)25-4/h7-13,17H,6,14H2,1-5H3/t17-/m0/s1. The molecule has 0 saturated carbocycles. The van der Waals surface area contributed by atoms with Crippen LogP contribution in [0.3, 0.4) is 0 Å². The number of carbonyl (C=O) groups is 1. The molecule has 0 aliphatic carbocycles. The molecule has 140 valence electrons. The fourth-order valence-electron chi connectivity index (χ4n) is 3.13. The van der Waals surface area contributed by atoms with Crippen LogP contribution in [0.1, 0.15) is 30.4 Å². The monoisotopic (exact) mass is 357 g/mol. The summed E-state index contributed by atoms with van der Waals surface area (Å²) in [7, 11) is 6.55. The quantitative estimate of drug-likeness (QED) is 0.720. The van der Waals surface area contributed by atoms with Gasteiger partial charge in [0.25, 0.3) is 0 Å². The number of hydrogen-bond donors (Lipinski definition) is 0. The molecule has 0 aromatic heterocycles. The molecule has 0 aliphatic rings. The highest BCUT2D eigenvalue weighted by atomic mass is 16.5. The van der Waals surface area contributed by atoms with E-state index in [0.717, 1.165) is 17.5 Å². The summed E-state index contributed by atoms with van der Waals surface area (Å²) in [5.74, 6) is 1.63. The lowest BCUT2D eigenvalue weighted by Gasteiger charge is -2.25. The summed E-state index contributed by atoms with van der Waals surface area (Å²) < 4.78 is 16.3. The van der Waals surface area contributed by atoms with E-state index < -0.39 is 0 Å². The second-order valence-electron chi connectivity index (χ2n) is 6.06. The summed E-state index contributed by atoms with van der Waals surface area (Å²) in [5, 5.41) is 0. The van der Waals surface area contributed by atoms with Crippen LogP contribution in [0.2, 0.25) is 0 Å². The molecule has 1 amide bonds. The summed E-state index contributed by atoms with van der Waals surface area (Å²) in [4.78, 5) is 14.7. The highest BCUT2D eigenvalue weighted by molar-refractivity contribution is 5.83. The van der Waals surface area contributed by atoms with E-state index in [9.17, 15) is 4.79 Å². The summed E-state index contributed by atoms with van der Waals surface area (Å²) >= 11 is 0. The SMILES string of the molecule is CC[C@H](C(=O)N(C)Cc1ccc(OC)c(OC)c1OC)c1ccccc1. The Morgan fingerprint density at radius 2 is 1.62 bits per heavy atom. The Bertz CT molecular complexity index is 730. The van der Waals surface area contributed by atoms with E-state index in [1.165, 1.54) is 0 Å². The Hall–Kier alpha value is -2.69. The van der Waals surface area contributed by atoms with Gasteiger partial charge in [-0.15, -0.1) is 0 Å². The lowest BCUT2D eigenvalue weighted by atomic mass is 9.95. The molecular formula is C21H27NO4. The van der Waals surface area contributed by atoms with E-state index in [4.69, 9.17) is 14.2 Å². The van der Waals surface area contributed by atoms with E-state index >= 15 is 0 Å². The number of amides is 1. The number of hydrogen-bond acceptors (Lipinski definition) is 4. The van der Waals surface area contributed by atoms with Crippen molar-refractivity contribution in [2.24, 2.45) is 0 Å². The van der Waals surface area contributed by atoms with Crippen LogP contribution in [0.5, 0.6) is 17.2 Å². The van der Waals surface area contributed by atoms with Crippen molar-refractivity contribution >= 4 is 5.91 Å². The lowest BCUT2D eigenvalue weighted by Crippen LogP contribution is -2.31. The first kappa shape index (κ1) is 19.6. The Kier molecular flexibility index (Phi) is 6.89. The zero-order valence-corrected chi connectivity index (χ0v) is 16.1. The third-order valence-corrected chi connectivity index (χ3v) is 4.48. The van der Waals surface area contributed by atoms with Crippen LogP contribution in [0, 0.1) is 0 Å². The first-order valence-corrected chi connectivity index (χ1v) is 8.65. The van der Waals surface area contributed by atoms with Crippen molar-refractivity contribution in [1.29, 1.82) is 0 Å². The van der Waals surface area contributed by atoms with Gasteiger partial charge in [-0.2, -0.15) is 0 Å². The minimum absolute atomic E-state index is 0.0792. The van der Waals surface area contributed by atoms with Crippen molar-refractivity contribution in [2.75, 3.05) is 28.4 Å². The minimum atomic E-state index is -0.160. The van der Waals surface area contributed by atoms with Gasteiger partial charge in [-0.1, -0.05) is 37.3 Å². The van der Waals surface area contributed by atoms with Crippen molar-refractivity contribution in [2.45, 2.75) is 25.8 Å². The third kappa shape index (κ3) is 4.10. The Morgan fingerprint density at radius 3 is 2.15 bits per heavy atom. The number of rotatable bonds is 8. The summed E-state index contributed by atoms with van der Waals surface area (Å²) in [6.45, 7) is 2.45. The van der Waals surface area contributed by atoms with Crippen molar-refractivity contribution in [3.05, 3.63) is 53.6 Å². The molecule has 0 N–H and O–H groups in total. The fourth-order valence-corrected chi connectivity index (χ4v) is 3.13. The van der Waals surface area contributed by atoms with Crippen LogP contribution >= 0.6 is 0 Å². The molecule has 0 radical (unpaired) electrons. The number of benzene rings is 2. The molecule has 0 aliphatic heterocycles. The van der Waals surface area contributed by atoms with Crippen LogP contribution in [0.15, 0.2) is 42.5 Å². The maximum absolute atomic E-state index is 13.0. The fraction of sp³-hybridized carbons (Fsp3) is 0.381. The van der Waals surface area contributed by atoms with E-state index in [0.29, 0.717) is 23.8 Å². The van der Waals surface area contributed by atoms with Crippen molar-refractivity contribution in [3.8, 4) is 17.2 Å². The first-order valence-electron chi connectivity index (χ1n) is 8.65. The Morgan fingerprint density at radius 1 is 0.962 bits per heavy atom. The zero-order valence-electron chi connectivity index (χ0n) is 16.1. The van der Waals surface area contributed by atoms with Crippen LogP contribution in [-0.4, -0.2) is 39.2 Å². The van der Waals surface area contributed by atoms with Crippen LogP contribution < -0.4 is 14.2 Å². The van der Waals surface area contributed by atoms with Gasteiger partial charge in [0.05, 0.1) is 27.2 Å².